The molecule has 1 aromatic heterocycles. The average molecular weight is 403 g/mol. The fourth-order valence-electron chi connectivity index (χ4n) is 2.33. The number of hydrogen-bond donors (Lipinski definition) is 2. The smallest absolute Gasteiger partial charge is 0.323 e. The van der Waals surface area contributed by atoms with Crippen molar-refractivity contribution in [2.24, 2.45) is 5.10 Å². The number of benzene rings is 1. The molecule has 11 nitrogen and oxygen atoms in total. The number of nitro groups is 1. The number of aromatic amines is 1. The highest BCUT2D eigenvalue weighted by Gasteiger charge is 2.25. The van der Waals surface area contributed by atoms with Gasteiger partial charge < -0.3 is 9.47 Å². The Kier molecular flexibility index (Phi) is 6.32. The number of esters is 1. The van der Waals surface area contributed by atoms with Crippen molar-refractivity contribution < 1.29 is 24.0 Å². The first-order chi connectivity index (χ1) is 13.5. The molecule has 2 N–H and O–H groups in total. The predicted molar refractivity (Wildman–Crippen MR) is 103 cm³/mol. The number of rotatable bonds is 6. The average Bonchev–Trinajstić information content (AvgIpc) is 3.12. The fraction of sp³-hybridized carbons (Fsp3) is 0.333. The Balaban J connectivity index is 2.25. The number of amides is 1. The normalized spacial score (nSPS) is 11.3. The standard InChI is InChI=1S/C18H21N5O6/c1-10(24)29-13-7-6-11(15(23(26)27)16(13)28-5)9-19-22-17(25)12-8-14(21-20-12)18(2,3)4/h6-9H,1-5H3,(H,20,21)(H,22,25). The molecule has 0 saturated heterocycles. The lowest BCUT2D eigenvalue weighted by Crippen LogP contribution is -2.18. The van der Waals surface area contributed by atoms with Crippen molar-refractivity contribution in [2.45, 2.75) is 33.1 Å². The lowest BCUT2D eigenvalue weighted by Gasteiger charge is -2.14. The summed E-state index contributed by atoms with van der Waals surface area (Å²) >= 11 is 0. The number of hydrazone groups is 1. The first kappa shape index (κ1) is 21.5. The van der Waals surface area contributed by atoms with Crippen LogP contribution in [-0.2, 0) is 10.2 Å². The van der Waals surface area contributed by atoms with Gasteiger partial charge >= 0.3 is 11.7 Å². The second-order valence-corrected chi connectivity index (χ2v) is 7.00. The first-order valence-electron chi connectivity index (χ1n) is 8.47. The summed E-state index contributed by atoms with van der Waals surface area (Å²) in [6.07, 6.45) is 1.09. The fourth-order valence-corrected chi connectivity index (χ4v) is 2.33. The van der Waals surface area contributed by atoms with Gasteiger partial charge in [0.25, 0.3) is 5.91 Å². The molecule has 0 atom stereocenters. The molecule has 2 aromatic rings. The minimum absolute atomic E-state index is 0.0421. The highest BCUT2D eigenvalue weighted by atomic mass is 16.6. The zero-order valence-electron chi connectivity index (χ0n) is 16.6. The van der Waals surface area contributed by atoms with E-state index < -0.39 is 22.5 Å². The van der Waals surface area contributed by atoms with Crippen LogP contribution in [0.2, 0.25) is 0 Å². The van der Waals surface area contributed by atoms with Crippen LogP contribution in [0.25, 0.3) is 0 Å². The maximum Gasteiger partial charge on any atom is 0.323 e. The Labute approximate surface area is 166 Å². The number of H-pyrrole nitrogens is 1. The Bertz CT molecular complexity index is 974. The quantitative estimate of drug-likeness (QED) is 0.247. The van der Waals surface area contributed by atoms with Crippen LogP contribution in [0.15, 0.2) is 23.3 Å². The van der Waals surface area contributed by atoms with Gasteiger partial charge in [-0.3, -0.25) is 24.8 Å². The van der Waals surface area contributed by atoms with Crippen LogP contribution in [0.4, 0.5) is 5.69 Å². The molecule has 0 aliphatic rings. The zero-order chi connectivity index (χ0) is 21.8. The molecule has 0 saturated carbocycles. The van der Waals surface area contributed by atoms with E-state index in [0.717, 1.165) is 18.8 Å². The van der Waals surface area contributed by atoms with Gasteiger partial charge in [0.05, 0.1) is 23.8 Å². The van der Waals surface area contributed by atoms with Gasteiger partial charge in [0, 0.05) is 18.0 Å². The van der Waals surface area contributed by atoms with E-state index in [1.807, 2.05) is 20.8 Å². The van der Waals surface area contributed by atoms with E-state index in [0.29, 0.717) is 0 Å². The van der Waals surface area contributed by atoms with E-state index in [1.54, 1.807) is 6.07 Å². The van der Waals surface area contributed by atoms with Crippen LogP contribution in [0.5, 0.6) is 11.5 Å². The van der Waals surface area contributed by atoms with Gasteiger partial charge in [-0.15, -0.1) is 0 Å². The molecule has 11 heteroatoms. The van der Waals surface area contributed by atoms with E-state index in [9.17, 15) is 19.7 Å². The van der Waals surface area contributed by atoms with Gasteiger partial charge in [0.15, 0.2) is 11.4 Å². The summed E-state index contributed by atoms with van der Waals surface area (Å²) in [7, 11) is 1.21. The summed E-state index contributed by atoms with van der Waals surface area (Å²) in [6.45, 7) is 7.06. The molecule has 2 rings (SSSR count). The second-order valence-electron chi connectivity index (χ2n) is 7.00. The number of carbonyl (C=O) groups is 2. The van der Waals surface area contributed by atoms with Crippen molar-refractivity contribution in [1.82, 2.24) is 15.6 Å². The van der Waals surface area contributed by atoms with Gasteiger partial charge in [-0.1, -0.05) is 20.8 Å². The van der Waals surface area contributed by atoms with Crippen molar-refractivity contribution in [3.8, 4) is 11.5 Å². The summed E-state index contributed by atoms with van der Waals surface area (Å²) in [4.78, 5) is 34.1. The molecular weight excluding hydrogens is 382 g/mol. The summed E-state index contributed by atoms with van der Waals surface area (Å²) in [5.41, 5.74) is 2.53. The molecule has 0 aliphatic carbocycles. The molecule has 0 aliphatic heterocycles. The summed E-state index contributed by atoms with van der Waals surface area (Å²) in [5, 5.41) is 21.9. The van der Waals surface area contributed by atoms with E-state index >= 15 is 0 Å². The summed E-state index contributed by atoms with van der Waals surface area (Å²) in [6, 6.07) is 4.25. The van der Waals surface area contributed by atoms with E-state index in [2.05, 4.69) is 20.7 Å². The SMILES string of the molecule is COc1c(OC(C)=O)ccc(C=NNC(=O)c2cc(C(C)(C)C)[nH]n2)c1[N+](=O)[O-]. The number of hydrogen-bond acceptors (Lipinski definition) is 8. The lowest BCUT2D eigenvalue weighted by molar-refractivity contribution is -0.385. The number of ether oxygens (including phenoxy) is 2. The molecule has 29 heavy (non-hydrogen) atoms. The molecule has 0 spiro atoms. The van der Waals surface area contributed by atoms with Crippen molar-refractivity contribution >= 4 is 23.8 Å². The number of aromatic nitrogens is 2. The number of carbonyl (C=O) groups excluding carboxylic acids is 2. The Morgan fingerprint density at radius 3 is 2.55 bits per heavy atom. The molecule has 0 bridgehead atoms. The van der Waals surface area contributed by atoms with Crippen molar-refractivity contribution in [3.05, 3.63) is 45.3 Å². The summed E-state index contributed by atoms with van der Waals surface area (Å²) < 4.78 is 9.95. The van der Waals surface area contributed by atoms with Crippen LogP contribution in [0, 0.1) is 10.1 Å². The van der Waals surface area contributed by atoms with Crippen molar-refractivity contribution in [1.29, 1.82) is 0 Å². The van der Waals surface area contributed by atoms with Crippen molar-refractivity contribution in [2.75, 3.05) is 7.11 Å². The Morgan fingerprint density at radius 1 is 1.34 bits per heavy atom. The van der Waals surface area contributed by atoms with E-state index in [-0.39, 0.29) is 28.2 Å². The second kappa shape index (κ2) is 8.50. The molecule has 0 fully saturated rings. The topological polar surface area (TPSA) is 149 Å². The van der Waals surface area contributed by atoms with Gasteiger partial charge in [-0.2, -0.15) is 10.2 Å². The maximum atomic E-state index is 12.2. The molecule has 0 radical (unpaired) electrons. The summed E-state index contributed by atoms with van der Waals surface area (Å²) in [5.74, 6) is -1.57. The van der Waals surface area contributed by atoms with Crippen LogP contribution < -0.4 is 14.9 Å². The third-order valence-corrected chi connectivity index (χ3v) is 3.76. The number of nitrogens with one attached hydrogen (secondary N) is 2. The first-order valence-corrected chi connectivity index (χ1v) is 8.47. The molecular formula is C18H21N5O6. The van der Waals surface area contributed by atoms with Gasteiger partial charge in [0.2, 0.25) is 5.75 Å². The number of methoxy groups -OCH3 is 1. The zero-order valence-corrected chi connectivity index (χ0v) is 16.6. The van der Waals surface area contributed by atoms with E-state index in [4.69, 9.17) is 9.47 Å². The van der Waals surface area contributed by atoms with Gasteiger partial charge in [-0.05, 0) is 18.2 Å². The predicted octanol–water partition coefficient (Wildman–Crippen LogP) is 2.31. The van der Waals surface area contributed by atoms with Crippen molar-refractivity contribution in [3.63, 3.8) is 0 Å². The Morgan fingerprint density at radius 2 is 2.03 bits per heavy atom. The third kappa shape index (κ3) is 5.15. The van der Waals surface area contributed by atoms with Crippen LogP contribution in [0.3, 0.4) is 0 Å². The molecule has 154 valence electrons. The monoisotopic (exact) mass is 403 g/mol. The number of nitrogens with zero attached hydrogens (tertiary/aromatic N) is 3. The largest absolute Gasteiger partial charge is 0.488 e. The van der Waals surface area contributed by atoms with Gasteiger partial charge in [-0.25, -0.2) is 5.43 Å². The Hall–Kier alpha value is -3.76. The van der Waals surface area contributed by atoms with Crippen LogP contribution in [0.1, 0.15) is 49.4 Å². The molecule has 0 unspecified atom stereocenters. The third-order valence-electron chi connectivity index (χ3n) is 3.76. The van der Waals surface area contributed by atoms with Gasteiger partial charge in [0.1, 0.15) is 0 Å². The molecule has 1 heterocycles. The highest BCUT2D eigenvalue weighted by molar-refractivity contribution is 5.94. The minimum Gasteiger partial charge on any atom is -0.488 e. The van der Waals surface area contributed by atoms with Crippen LogP contribution in [-0.4, -0.2) is 40.3 Å². The molecule has 1 amide bonds. The number of nitro benzene ring substituents is 1. The lowest BCUT2D eigenvalue weighted by atomic mass is 9.92. The van der Waals surface area contributed by atoms with E-state index in [1.165, 1.54) is 19.2 Å². The van der Waals surface area contributed by atoms with Crippen LogP contribution >= 0.6 is 0 Å². The minimum atomic E-state index is -0.696. The molecule has 1 aromatic carbocycles. The highest BCUT2D eigenvalue weighted by Crippen LogP contribution is 2.39. The maximum absolute atomic E-state index is 12.2.